The molecule has 0 radical (unpaired) electrons. The first kappa shape index (κ1) is 20.0. The van der Waals surface area contributed by atoms with E-state index in [1.54, 1.807) is 7.05 Å². The van der Waals surface area contributed by atoms with Crippen molar-refractivity contribution in [2.75, 3.05) is 25.0 Å². The number of piperidine rings is 1. The maximum Gasteiger partial charge on any atom is 0.435 e. The Bertz CT molecular complexity index is 792. The molecule has 0 amide bonds. The first-order valence-electron chi connectivity index (χ1n) is 9.23. The zero-order chi connectivity index (χ0) is 20.1. The highest BCUT2D eigenvalue weighted by atomic mass is 19.4. The quantitative estimate of drug-likeness (QED) is 0.619. The molecule has 152 valence electrons. The van der Waals surface area contributed by atoms with Gasteiger partial charge in [0.25, 0.3) is 0 Å². The molecule has 0 spiro atoms. The number of hydrogen-bond acceptors (Lipinski definition) is 3. The van der Waals surface area contributed by atoms with Crippen LogP contribution in [0, 0.1) is 0 Å². The molecule has 2 heterocycles. The molecule has 0 aliphatic carbocycles. The molecule has 0 unspecified atom stereocenters. The van der Waals surface area contributed by atoms with Crippen LogP contribution in [0.5, 0.6) is 0 Å². The lowest BCUT2D eigenvalue weighted by Crippen LogP contribution is -2.48. The minimum absolute atomic E-state index is 0.00518. The van der Waals surface area contributed by atoms with Crippen molar-refractivity contribution >= 4 is 11.6 Å². The Labute approximate surface area is 162 Å². The summed E-state index contributed by atoms with van der Waals surface area (Å²) in [6.45, 7) is 1.84. The highest BCUT2D eigenvalue weighted by molar-refractivity contribution is 5.80. The molecule has 1 saturated heterocycles. The van der Waals surface area contributed by atoms with Gasteiger partial charge in [-0.05, 0) is 25.0 Å². The van der Waals surface area contributed by atoms with Gasteiger partial charge in [-0.2, -0.15) is 18.3 Å². The minimum Gasteiger partial charge on any atom is -0.371 e. The Balaban J connectivity index is 1.52. The van der Waals surface area contributed by atoms with E-state index < -0.39 is 11.9 Å². The van der Waals surface area contributed by atoms with Crippen LogP contribution >= 0.6 is 0 Å². The Morgan fingerprint density at radius 1 is 1.21 bits per heavy atom. The molecule has 2 N–H and O–H groups in total. The van der Waals surface area contributed by atoms with E-state index in [1.165, 1.54) is 23.6 Å². The van der Waals surface area contributed by atoms with Crippen LogP contribution < -0.4 is 15.5 Å². The zero-order valence-corrected chi connectivity index (χ0v) is 16.0. The standard InChI is InChI=1S/C19H25F3N6/c1-23-18(24-12-14-13-27(2)26-17(14)19(20,21)22)25-15-8-10-28(11-9-15)16-6-4-3-5-7-16/h3-7,13,15H,8-12H2,1-2H3,(H2,23,24,25). The number of benzene rings is 1. The molecule has 1 aromatic carbocycles. The van der Waals surface area contributed by atoms with E-state index in [1.807, 2.05) is 18.2 Å². The number of anilines is 1. The summed E-state index contributed by atoms with van der Waals surface area (Å²) in [5.74, 6) is 0.495. The second kappa shape index (κ2) is 8.53. The van der Waals surface area contributed by atoms with E-state index in [0.29, 0.717) is 5.96 Å². The van der Waals surface area contributed by atoms with Crippen molar-refractivity contribution in [3.63, 3.8) is 0 Å². The highest BCUT2D eigenvalue weighted by Gasteiger charge is 2.36. The average molecular weight is 394 g/mol. The Kier molecular flexibility index (Phi) is 6.11. The third kappa shape index (κ3) is 4.96. The van der Waals surface area contributed by atoms with E-state index in [-0.39, 0.29) is 18.2 Å². The summed E-state index contributed by atoms with van der Waals surface area (Å²) in [7, 11) is 3.09. The summed E-state index contributed by atoms with van der Waals surface area (Å²) in [5, 5.41) is 9.81. The molecule has 0 atom stereocenters. The average Bonchev–Trinajstić information content (AvgIpc) is 3.07. The summed E-state index contributed by atoms with van der Waals surface area (Å²) >= 11 is 0. The molecule has 1 aromatic heterocycles. The van der Waals surface area contributed by atoms with Gasteiger partial charge in [0.2, 0.25) is 0 Å². The van der Waals surface area contributed by atoms with Crippen molar-refractivity contribution in [3.8, 4) is 0 Å². The molecule has 3 rings (SSSR count). The van der Waals surface area contributed by atoms with Crippen molar-refractivity contribution in [1.29, 1.82) is 0 Å². The summed E-state index contributed by atoms with van der Waals surface area (Å²) in [5.41, 5.74) is 0.436. The number of aliphatic imine (C=N–C) groups is 1. The van der Waals surface area contributed by atoms with Crippen molar-refractivity contribution in [3.05, 3.63) is 47.8 Å². The first-order chi connectivity index (χ1) is 13.4. The van der Waals surface area contributed by atoms with E-state index in [9.17, 15) is 13.2 Å². The summed E-state index contributed by atoms with van der Waals surface area (Å²) in [4.78, 5) is 6.48. The van der Waals surface area contributed by atoms with E-state index in [2.05, 4.69) is 37.8 Å². The third-order valence-electron chi connectivity index (χ3n) is 4.80. The van der Waals surface area contributed by atoms with E-state index >= 15 is 0 Å². The smallest absolute Gasteiger partial charge is 0.371 e. The maximum atomic E-state index is 13.1. The minimum atomic E-state index is -4.47. The van der Waals surface area contributed by atoms with Gasteiger partial charge in [-0.25, -0.2) is 0 Å². The normalized spacial score (nSPS) is 16.3. The van der Waals surface area contributed by atoms with Crippen molar-refractivity contribution < 1.29 is 13.2 Å². The van der Waals surface area contributed by atoms with Gasteiger partial charge in [0, 0.05) is 57.2 Å². The topological polar surface area (TPSA) is 57.5 Å². The molecular weight excluding hydrogens is 369 g/mol. The van der Waals surface area contributed by atoms with E-state index in [0.717, 1.165) is 25.9 Å². The van der Waals surface area contributed by atoms with Crippen LogP contribution in [0.4, 0.5) is 18.9 Å². The molecular formula is C19H25F3N6. The summed E-state index contributed by atoms with van der Waals surface area (Å²) in [6.07, 6.45) is -1.24. The molecule has 0 saturated carbocycles. The van der Waals surface area contributed by atoms with Gasteiger partial charge >= 0.3 is 6.18 Å². The molecule has 28 heavy (non-hydrogen) atoms. The lowest BCUT2D eigenvalue weighted by molar-refractivity contribution is -0.142. The zero-order valence-electron chi connectivity index (χ0n) is 16.0. The molecule has 6 nitrogen and oxygen atoms in total. The van der Waals surface area contributed by atoms with Crippen LogP contribution in [0.2, 0.25) is 0 Å². The number of nitrogens with zero attached hydrogens (tertiary/aromatic N) is 4. The fraction of sp³-hybridized carbons (Fsp3) is 0.474. The number of guanidine groups is 1. The predicted octanol–water partition coefficient (Wildman–Crippen LogP) is 2.77. The van der Waals surface area contributed by atoms with Crippen LogP contribution in [0.15, 0.2) is 41.5 Å². The maximum absolute atomic E-state index is 13.1. The second-order valence-corrected chi connectivity index (χ2v) is 6.84. The van der Waals surface area contributed by atoms with Gasteiger partial charge in [0.05, 0.1) is 0 Å². The van der Waals surface area contributed by atoms with Crippen LogP contribution in [-0.2, 0) is 19.8 Å². The molecule has 1 aliphatic rings. The highest BCUT2D eigenvalue weighted by Crippen LogP contribution is 2.30. The van der Waals surface area contributed by atoms with Crippen molar-refractivity contribution in [2.24, 2.45) is 12.0 Å². The summed E-state index contributed by atoms with van der Waals surface area (Å²) in [6, 6.07) is 10.5. The van der Waals surface area contributed by atoms with Gasteiger partial charge in [-0.3, -0.25) is 9.67 Å². The number of alkyl halides is 3. The Morgan fingerprint density at radius 3 is 2.50 bits per heavy atom. The third-order valence-corrected chi connectivity index (χ3v) is 4.80. The molecule has 1 fully saturated rings. The second-order valence-electron chi connectivity index (χ2n) is 6.84. The Morgan fingerprint density at radius 2 is 1.89 bits per heavy atom. The Hall–Kier alpha value is -2.71. The molecule has 2 aromatic rings. The molecule has 0 bridgehead atoms. The predicted molar refractivity (Wildman–Crippen MR) is 103 cm³/mol. The lowest BCUT2D eigenvalue weighted by Gasteiger charge is -2.34. The SMILES string of the molecule is CN=C(NCc1cn(C)nc1C(F)(F)F)NC1CCN(c2ccccc2)CC1. The van der Waals surface area contributed by atoms with Crippen LogP contribution in [0.3, 0.4) is 0 Å². The van der Waals surface area contributed by atoms with Crippen LogP contribution in [-0.4, -0.2) is 41.9 Å². The van der Waals surface area contributed by atoms with Gasteiger partial charge in [-0.1, -0.05) is 18.2 Å². The van der Waals surface area contributed by atoms with Gasteiger partial charge in [0.1, 0.15) is 0 Å². The number of rotatable bonds is 4. The summed E-state index contributed by atoms with van der Waals surface area (Å²) < 4.78 is 40.4. The van der Waals surface area contributed by atoms with Crippen LogP contribution in [0.1, 0.15) is 24.1 Å². The van der Waals surface area contributed by atoms with Gasteiger partial charge in [0.15, 0.2) is 11.7 Å². The number of halogens is 3. The number of aryl methyl sites for hydroxylation is 1. The molecule has 1 aliphatic heterocycles. The first-order valence-corrected chi connectivity index (χ1v) is 9.23. The fourth-order valence-corrected chi connectivity index (χ4v) is 3.39. The number of para-hydroxylation sites is 1. The number of aromatic nitrogens is 2. The lowest BCUT2D eigenvalue weighted by atomic mass is 10.0. The fourth-order valence-electron chi connectivity index (χ4n) is 3.39. The largest absolute Gasteiger partial charge is 0.435 e. The van der Waals surface area contributed by atoms with E-state index in [4.69, 9.17) is 0 Å². The number of nitrogens with one attached hydrogen (secondary N) is 2. The van der Waals surface area contributed by atoms with Crippen molar-refractivity contribution in [1.82, 2.24) is 20.4 Å². The molecule has 9 heteroatoms. The van der Waals surface area contributed by atoms with Gasteiger partial charge < -0.3 is 15.5 Å². The number of hydrogen-bond donors (Lipinski definition) is 2. The van der Waals surface area contributed by atoms with Gasteiger partial charge in [-0.15, -0.1) is 0 Å². The monoisotopic (exact) mass is 394 g/mol. The van der Waals surface area contributed by atoms with Crippen LogP contribution in [0.25, 0.3) is 0 Å². The van der Waals surface area contributed by atoms with Crippen molar-refractivity contribution in [2.45, 2.75) is 31.6 Å².